The van der Waals surface area contributed by atoms with Crippen LogP contribution in [0.1, 0.15) is 40.7 Å². The summed E-state index contributed by atoms with van der Waals surface area (Å²) in [5, 5.41) is 9.01. The van der Waals surface area contributed by atoms with Crippen molar-refractivity contribution in [2.24, 2.45) is 0 Å². The summed E-state index contributed by atoms with van der Waals surface area (Å²) < 4.78 is 64.3. The van der Waals surface area contributed by atoms with Crippen LogP contribution in [0.3, 0.4) is 0 Å². The highest BCUT2D eigenvalue weighted by atomic mass is 28.3. The first-order chi connectivity index (χ1) is 20.1. The van der Waals surface area contributed by atoms with Gasteiger partial charge in [-0.3, -0.25) is 9.59 Å². The van der Waals surface area contributed by atoms with Crippen LogP contribution in [0, 0.1) is 6.92 Å². The molecule has 15 heteroatoms. The number of halogens is 3. The van der Waals surface area contributed by atoms with E-state index in [0.717, 1.165) is 10.7 Å². The first kappa shape index (κ1) is 32.1. The van der Waals surface area contributed by atoms with Crippen LogP contribution < -0.4 is 15.4 Å². The second-order valence-corrected chi connectivity index (χ2v) is 17.1. The molecule has 1 aromatic carbocycles. The summed E-state index contributed by atoms with van der Waals surface area (Å²) in [6, 6.07) is 5.32. The Morgan fingerprint density at radius 3 is 2.63 bits per heavy atom. The first-order valence-corrected chi connectivity index (χ1v) is 17.5. The number of carbonyl (C=O) groups excluding carboxylic acids is 3. The molecule has 234 valence electrons. The Morgan fingerprint density at radius 2 is 2.00 bits per heavy atom. The molecule has 1 aliphatic heterocycles. The van der Waals surface area contributed by atoms with E-state index in [1.54, 1.807) is 6.92 Å². The van der Waals surface area contributed by atoms with Gasteiger partial charge in [0.2, 0.25) is 5.54 Å². The fourth-order valence-corrected chi connectivity index (χ4v) is 5.40. The van der Waals surface area contributed by atoms with Gasteiger partial charge in [-0.25, -0.2) is 9.48 Å². The maximum absolute atomic E-state index is 13.7. The van der Waals surface area contributed by atoms with E-state index in [0.29, 0.717) is 12.2 Å². The number of benzene rings is 1. The van der Waals surface area contributed by atoms with Crippen LogP contribution in [0.5, 0.6) is 5.75 Å². The molecule has 1 fully saturated rings. The maximum Gasteiger partial charge on any atom is 0.435 e. The second-order valence-electron chi connectivity index (χ2n) is 11.5. The van der Waals surface area contributed by atoms with Gasteiger partial charge < -0.3 is 29.3 Å². The van der Waals surface area contributed by atoms with Crippen LogP contribution in [0.15, 0.2) is 28.8 Å². The molecule has 11 nitrogen and oxygen atoms in total. The lowest BCUT2D eigenvalue weighted by Gasteiger charge is -2.25. The summed E-state index contributed by atoms with van der Waals surface area (Å²) in [4.78, 5) is 38.7. The molecule has 3 aromatic rings. The van der Waals surface area contributed by atoms with E-state index in [9.17, 15) is 27.6 Å². The van der Waals surface area contributed by atoms with E-state index in [1.807, 2.05) is 0 Å². The van der Waals surface area contributed by atoms with E-state index < -0.39 is 49.9 Å². The van der Waals surface area contributed by atoms with Crippen molar-refractivity contribution in [1.29, 1.82) is 0 Å². The molecule has 0 bridgehead atoms. The van der Waals surface area contributed by atoms with Crippen molar-refractivity contribution >= 4 is 36.8 Å². The predicted octanol–water partition coefficient (Wildman–Crippen LogP) is 4.40. The number of fused-ring (bicyclic) bond motifs is 1. The quantitative estimate of drug-likeness (QED) is 0.131. The average molecular weight is 625 g/mol. The Morgan fingerprint density at radius 1 is 1.26 bits per heavy atom. The van der Waals surface area contributed by atoms with Crippen LogP contribution in [0.2, 0.25) is 25.7 Å². The number of esters is 1. The third-order valence-corrected chi connectivity index (χ3v) is 8.61. The van der Waals surface area contributed by atoms with Gasteiger partial charge in [-0.05, 0) is 38.1 Å². The Labute approximate surface area is 247 Å². The summed E-state index contributed by atoms with van der Waals surface area (Å²) >= 11 is 0. The number of nitrogens with one attached hydrogen (secondary N) is 2. The van der Waals surface area contributed by atoms with Crippen molar-refractivity contribution in [3.63, 3.8) is 0 Å². The fourth-order valence-electron chi connectivity index (χ4n) is 4.65. The second kappa shape index (κ2) is 12.4. The minimum absolute atomic E-state index is 0.00181. The number of hydrogen-bond donors (Lipinski definition) is 2. The largest absolute Gasteiger partial charge is 0.489 e. The molecule has 0 spiro atoms. The Bertz CT molecular complexity index is 1510. The number of hydrogen-bond acceptors (Lipinski definition) is 8. The minimum Gasteiger partial charge on any atom is -0.489 e. The number of ether oxygens (including phenoxy) is 3. The number of aromatic nitrogens is 2. The van der Waals surface area contributed by atoms with Gasteiger partial charge in [0.15, 0.2) is 5.69 Å². The van der Waals surface area contributed by atoms with Crippen molar-refractivity contribution < 1.29 is 46.2 Å². The molecule has 1 atom stereocenters. The van der Waals surface area contributed by atoms with E-state index in [1.165, 1.54) is 31.3 Å². The Hall–Kier alpha value is -3.85. The summed E-state index contributed by atoms with van der Waals surface area (Å²) in [5.74, 6) is -1.95. The third-order valence-electron chi connectivity index (χ3n) is 6.91. The van der Waals surface area contributed by atoms with Crippen LogP contribution >= 0.6 is 0 Å². The number of alkyl halides is 3. The van der Waals surface area contributed by atoms with Crippen molar-refractivity contribution in [1.82, 2.24) is 20.4 Å². The molecular formula is C28H35F3N4O7Si. The molecule has 0 saturated carbocycles. The molecule has 43 heavy (non-hydrogen) atoms. The van der Waals surface area contributed by atoms with Crippen molar-refractivity contribution in [2.45, 2.75) is 71.0 Å². The Balaban J connectivity index is 1.54. The van der Waals surface area contributed by atoms with Crippen LogP contribution in [0.4, 0.5) is 13.2 Å². The third kappa shape index (κ3) is 7.21. The molecule has 3 heterocycles. The van der Waals surface area contributed by atoms with E-state index in [2.05, 4.69) is 35.4 Å². The lowest BCUT2D eigenvalue weighted by molar-refractivity contribution is -0.154. The SMILES string of the molecule is CCOC(=O)C1(NC(=O)c2c(C)oc3ccc(OCc4cn(COCC[Si](C)(C)C)nc4C(F)(F)F)cc23)CCNC1=O. The zero-order valence-electron chi connectivity index (χ0n) is 24.6. The molecule has 1 unspecified atom stereocenters. The smallest absolute Gasteiger partial charge is 0.435 e. The number of carbonyl (C=O) groups is 3. The maximum atomic E-state index is 13.7. The topological polar surface area (TPSA) is 134 Å². The van der Waals surface area contributed by atoms with Gasteiger partial charge in [0.25, 0.3) is 11.8 Å². The Kier molecular flexibility index (Phi) is 9.25. The van der Waals surface area contributed by atoms with E-state index in [-0.39, 0.29) is 54.3 Å². The predicted molar refractivity (Wildman–Crippen MR) is 151 cm³/mol. The molecule has 2 aromatic heterocycles. The fraction of sp³-hybridized carbons (Fsp3) is 0.500. The molecule has 0 radical (unpaired) electrons. The lowest BCUT2D eigenvalue weighted by atomic mass is 9.96. The van der Waals surface area contributed by atoms with Crippen LogP contribution in [-0.4, -0.2) is 60.9 Å². The summed E-state index contributed by atoms with van der Waals surface area (Å²) in [6.45, 7) is 9.66. The number of amides is 2. The summed E-state index contributed by atoms with van der Waals surface area (Å²) in [6.07, 6.45) is -3.48. The van der Waals surface area contributed by atoms with Gasteiger partial charge in [0, 0.05) is 44.8 Å². The summed E-state index contributed by atoms with van der Waals surface area (Å²) in [7, 11) is -1.36. The molecule has 4 rings (SSSR count). The van der Waals surface area contributed by atoms with Crippen LogP contribution in [0.25, 0.3) is 11.0 Å². The normalized spacial score (nSPS) is 17.3. The molecule has 1 saturated heterocycles. The molecule has 0 aliphatic carbocycles. The molecule has 2 N–H and O–H groups in total. The van der Waals surface area contributed by atoms with Gasteiger partial charge in [0.05, 0.1) is 12.2 Å². The van der Waals surface area contributed by atoms with Gasteiger partial charge in [-0.2, -0.15) is 18.3 Å². The van der Waals surface area contributed by atoms with Gasteiger partial charge in [0.1, 0.15) is 30.4 Å². The highest BCUT2D eigenvalue weighted by Crippen LogP contribution is 2.33. The highest BCUT2D eigenvalue weighted by Gasteiger charge is 2.52. The monoisotopic (exact) mass is 624 g/mol. The number of aryl methyl sites for hydroxylation is 1. The van der Waals surface area contributed by atoms with E-state index in [4.69, 9.17) is 18.6 Å². The zero-order chi connectivity index (χ0) is 31.6. The highest BCUT2D eigenvalue weighted by molar-refractivity contribution is 6.76. The standard InChI is InChI=1S/C28H35F3N4O7Si/c1-6-40-26(38)27(9-10-32-25(27)37)33-24(36)22-17(2)42-21-8-7-19(13-20(21)22)41-15-18-14-35(34-23(18)28(29,30)31)16-39-11-12-43(3,4)5/h7-8,13-14H,6,9-12,15-16H2,1-5H3,(H,32,37)(H,33,36). The number of nitrogens with zero attached hydrogens (tertiary/aromatic N) is 2. The summed E-state index contributed by atoms with van der Waals surface area (Å²) in [5.41, 5.74) is -2.82. The van der Waals surface area contributed by atoms with E-state index >= 15 is 0 Å². The number of rotatable bonds is 12. The molecule has 2 amide bonds. The van der Waals surface area contributed by atoms with Gasteiger partial charge >= 0.3 is 12.1 Å². The molecular weight excluding hydrogens is 589 g/mol. The molecule has 1 aliphatic rings. The minimum atomic E-state index is -4.71. The lowest BCUT2D eigenvalue weighted by Crippen LogP contribution is -2.59. The zero-order valence-corrected chi connectivity index (χ0v) is 25.6. The van der Waals surface area contributed by atoms with Crippen molar-refractivity contribution in [2.75, 3.05) is 19.8 Å². The van der Waals surface area contributed by atoms with Crippen LogP contribution in [-0.2, 0) is 38.6 Å². The average Bonchev–Trinajstić information content (AvgIpc) is 3.59. The van der Waals surface area contributed by atoms with Gasteiger partial charge in [-0.15, -0.1) is 0 Å². The first-order valence-electron chi connectivity index (χ1n) is 13.8. The van der Waals surface area contributed by atoms with Crippen molar-refractivity contribution in [3.8, 4) is 5.75 Å². The van der Waals surface area contributed by atoms with Gasteiger partial charge in [-0.1, -0.05) is 19.6 Å². The van der Waals surface area contributed by atoms with Crippen molar-refractivity contribution in [3.05, 3.63) is 47.0 Å². The number of furan rings is 1.